The molecule has 2 aromatic heterocycles. The van der Waals surface area contributed by atoms with Gasteiger partial charge < -0.3 is 20.7 Å². The molecule has 0 bridgehead atoms. The molecule has 1 aliphatic rings. The van der Waals surface area contributed by atoms with Gasteiger partial charge in [-0.05, 0) is 10.9 Å². The number of azide groups is 1. The Hall–Kier alpha value is -1.97. The molecule has 0 radical (unpaired) electrons. The first-order valence-electron chi connectivity index (χ1n) is 6.12. The minimum absolute atomic E-state index is 0.190. The number of thiophene rings is 1. The van der Waals surface area contributed by atoms with Crippen molar-refractivity contribution >= 4 is 27.4 Å². The molecule has 110 valence electrons. The molecular weight excluding hydrogens is 296 g/mol. The Kier molecular flexibility index (Phi) is 3.40. The van der Waals surface area contributed by atoms with Crippen LogP contribution in [0.4, 0.5) is 5.82 Å². The van der Waals surface area contributed by atoms with Gasteiger partial charge in [0.2, 0.25) is 0 Å². The van der Waals surface area contributed by atoms with E-state index in [4.69, 9.17) is 16.0 Å². The summed E-state index contributed by atoms with van der Waals surface area (Å²) in [6.45, 7) is -0.603. The van der Waals surface area contributed by atoms with Crippen LogP contribution in [0.1, 0.15) is 18.1 Å². The average molecular weight is 308 g/mol. The highest BCUT2D eigenvalue weighted by Crippen LogP contribution is 2.44. The largest absolute Gasteiger partial charge is 0.393 e. The van der Waals surface area contributed by atoms with Gasteiger partial charge in [0, 0.05) is 16.9 Å². The van der Waals surface area contributed by atoms with Crippen molar-refractivity contribution in [1.29, 1.82) is 0 Å². The van der Waals surface area contributed by atoms with Crippen molar-refractivity contribution in [3.8, 4) is 0 Å². The van der Waals surface area contributed by atoms with Crippen molar-refractivity contribution in [2.75, 3.05) is 12.3 Å². The maximum atomic E-state index is 10.1. The van der Waals surface area contributed by atoms with Crippen LogP contribution in [-0.4, -0.2) is 38.6 Å². The number of anilines is 1. The molecule has 9 nitrogen and oxygen atoms in total. The van der Waals surface area contributed by atoms with Crippen LogP contribution in [0.15, 0.2) is 16.8 Å². The number of aromatic nitrogens is 2. The molecule has 3 rings (SSSR count). The molecule has 21 heavy (non-hydrogen) atoms. The summed E-state index contributed by atoms with van der Waals surface area (Å²) < 4.78 is 6.36. The van der Waals surface area contributed by atoms with E-state index in [0.717, 1.165) is 10.3 Å². The lowest BCUT2D eigenvalue weighted by Crippen LogP contribution is -2.40. The van der Waals surface area contributed by atoms with Gasteiger partial charge in [-0.25, -0.2) is 9.97 Å². The third-order valence-electron chi connectivity index (χ3n) is 3.50. The second kappa shape index (κ2) is 5.10. The van der Waals surface area contributed by atoms with Crippen LogP contribution in [0.25, 0.3) is 20.7 Å². The molecule has 10 heteroatoms. The minimum atomic E-state index is -1.66. The van der Waals surface area contributed by atoms with Gasteiger partial charge in [0.15, 0.2) is 5.72 Å². The van der Waals surface area contributed by atoms with E-state index in [0.29, 0.717) is 11.3 Å². The van der Waals surface area contributed by atoms with Gasteiger partial charge in [-0.1, -0.05) is 5.11 Å². The van der Waals surface area contributed by atoms with Gasteiger partial charge >= 0.3 is 0 Å². The Labute approximate surface area is 122 Å². The molecule has 1 fully saturated rings. The number of nitrogens with zero attached hydrogens (tertiary/aromatic N) is 5. The van der Waals surface area contributed by atoms with Crippen molar-refractivity contribution in [3.63, 3.8) is 0 Å². The summed E-state index contributed by atoms with van der Waals surface area (Å²) in [4.78, 5) is 10.7. The first-order chi connectivity index (χ1) is 10.1. The van der Waals surface area contributed by atoms with E-state index < -0.39 is 24.5 Å². The molecule has 2 aromatic rings. The van der Waals surface area contributed by atoms with Crippen LogP contribution >= 0.6 is 11.3 Å². The van der Waals surface area contributed by atoms with E-state index in [-0.39, 0.29) is 6.42 Å². The fourth-order valence-corrected chi connectivity index (χ4v) is 3.37. The van der Waals surface area contributed by atoms with Crippen molar-refractivity contribution in [2.24, 2.45) is 5.11 Å². The van der Waals surface area contributed by atoms with E-state index in [2.05, 4.69) is 20.0 Å². The Morgan fingerprint density at radius 3 is 3.14 bits per heavy atom. The zero-order chi connectivity index (χ0) is 15.0. The standard InChI is InChI=1S/C11H12N6O3S/c12-10-9-8(14-4-15-10)5(2-21-9)6-1-7(19)11(3-18,20-6)16-17-13/h2,4,6-7,18-19H,1,3H2,(H2,12,14,15)/t6-,7+,11-/m1/s1. The highest BCUT2D eigenvalue weighted by Gasteiger charge is 2.48. The molecule has 0 aliphatic carbocycles. The first-order valence-corrected chi connectivity index (χ1v) is 7.00. The van der Waals surface area contributed by atoms with Gasteiger partial charge in [0.25, 0.3) is 0 Å². The SMILES string of the molecule is [N-]=[N+]=N[C@]1(CO)O[C@@H](c2csc3c(N)ncnc23)C[C@@H]1O. The van der Waals surface area contributed by atoms with Gasteiger partial charge in [0.1, 0.15) is 12.1 Å². The molecular formula is C11H12N6O3S. The quantitative estimate of drug-likeness (QED) is 0.438. The lowest BCUT2D eigenvalue weighted by Gasteiger charge is -2.23. The van der Waals surface area contributed by atoms with Gasteiger partial charge in [-0.2, -0.15) is 0 Å². The summed E-state index contributed by atoms with van der Waals surface area (Å²) >= 11 is 1.37. The summed E-state index contributed by atoms with van der Waals surface area (Å²) in [7, 11) is 0. The number of fused-ring (bicyclic) bond motifs is 1. The molecule has 0 aromatic carbocycles. The summed E-state index contributed by atoms with van der Waals surface area (Å²) in [5, 5.41) is 24.7. The van der Waals surface area contributed by atoms with Crippen LogP contribution in [0.2, 0.25) is 0 Å². The molecule has 3 heterocycles. The van der Waals surface area contributed by atoms with E-state index in [9.17, 15) is 10.2 Å². The Morgan fingerprint density at radius 1 is 1.62 bits per heavy atom. The number of nitrogen functional groups attached to an aromatic ring is 1. The molecule has 0 spiro atoms. The summed E-state index contributed by atoms with van der Waals surface area (Å²) in [5.41, 5.74) is 14.1. The lowest BCUT2D eigenvalue weighted by molar-refractivity contribution is -0.107. The summed E-state index contributed by atoms with van der Waals surface area (Å²) in [6, 6.07) is 0. The van der Waals surface area contributed by atoms with Crippen LogP contribution in [-0.2, 0) is 4.74 Å². The zero-order valence-electron chi connectivity index (χ0n) is 10.7. The maximum absolute atomic E-state index is 10.1. The zero-order valence-corrected chi connectivity index (χ0v) is 11.6. The van der Waals surface area contributed by atoms with Gasteiger partial charge in [0.05, 0.1) is 29.0 Å². The number of rotatable bonds is 3. The number of ether oxygens (including phenoxy) is 1. The minimum Gasteiger partial charge on any atom is -0.393 e. The maximum Gasteiger partial charge on any atom is 0.196 e. The molecule has 3 atom stereocenters. The van der Waals surface area contributed by atoms with Crippen molar-refractivity contribution in [1.82, 2.24) is 9.97 Å². The van der Waals surface area contributed by atoms with E-state index in [1.54, 1.807) is 0 Å². The predicted molar refractivity (Wildman–Crippen MR) is 75.2 cm³/mol. The lowest BCUT2D eigenvalue weighted by atomic mass is 10.0. The fourth-order valence-electron chi connectivity index (χ4n) is 2.41. The smallest absolute Gasteiger partial charge is 0.196 e. The normalized spacial score (nSPS) is 28.7. The molecule has 4 N–H and O–H groups in total. The highest BCUT2D eigenvalue weighted by molar-refractivity contribution is 7.17. The number of hydrogen-bond donors (Lipinski definition) is 3. The van der Waals surface area contributed by atoms with E-state index >= 15 is 0 Å². The number of aliphatic hydroxyl groups is 2. The van der Waals surface area contributed by atoms with Crippen molar-refractivity contribution < 1.29 is 14.9 Å². The molecule has 0 amide bonds. The van der Waals surface area contributed by atoms with Crippen molar-refractivity contribution in [2.45, 2.75) is 24.4 Å². The fraction of sp³-hybridized carbons (Fsp3) is 0.455. The predicted octanol–water partition coefficient (Wildman–Crippen LogP) is 1.09. The number of nitrogens with two attached hydrogens (primary N) is 1. The second-order valence-corrected chi connectivity index (χ2v) is 5.56. The molecule has 1 aliphatic heterocycles. The number of hydrogen-bond acceptors (Lipinski definition) is 8. The second-order valence-electron chi connectivity index (χ2n) is 4.68. The van der Waals surface area contributed by atoms with E-state index in [1.165, 1.54) is 17.7 Å². The third-order valence-corrected chi connectivity index (χ3v) is 4.51. The van der Waals surface area contributed by atoms with Crippen LogP contribution < -0.4 is 5.73 Å². The van der Waals surface area contributed by atoms with E-state index in [1.807, 2.05) is 5.38 Å². The molecule has 0 saturated carbocycles. The van der Waals surface area contributed by atoms with Gasteiger partial charge in [-0.3, -0.25) is 0 Å². The summed E-state index contributed by atoms with van der Waals surface area (Å²) in [6.07, 6.45) is -0.0976. The Bertz CT molecular complexity index is 730. The number of aliphatic hydroxyl groups excluding tert-OH is 2. The average Bonchev–Trinajstić information content (AvgIpc) is 3.03. The topological polar surface area (TPSA) is 150 Å². The highest BCUT2D eigenvalue weighted by atomic mass is 32.1. The first kappa shape index (κ1) is 14.0. The van der Waals surface area contributed by atoms with Gasteiger partial charge in [-0.15, -0.1) is 11.3 Å². The Morgan fingerprint density at radius 2 is 2.43 bits per heavy atom. The summed E-state index contributed by atoms with van der Waals surface area (Å²) in [5.74, 6) is 0.373. The third kappa shape index (κ3) is 2.09. The van der Waals surface area contributed by atoms with Crippen LogP contribution in [0.3, 0.4) is 0 Å². The van der Waals surface area contributed by atoms with Crippen molar-refractivity contribution in [3.05, 3.63) is 27.7 Å². The molecule has 1 saturated heterocycles. The molecule has 0 unspecified atom stereocenters. The van der Waals surface area contributed by atoms with Crippen LogP contribution in [0, 0.1) is 0 Å². The van der Waals surface area contributed by atoms with Crippen LogP contribution in [0.5, 0.6) is 0 Å². The Balaban J connectivity index is 2.02. The monoisotopic (exact) mass is 308 g/mol.